The summed E-state index contributed by atoms with van der Waals surface area (Å²) in [7, 11) is 0. The van der Waals surface area contributed by atoms with Crippen molar-refractivity contribution >= 4 is 41.1 Å². The minimum atomic E-state index is -0.831. The lowest BCUT2D eigenvalue weighted by molar-refractivity contribution is -0.146. The number of hydrogen-bond acceptors (Lipinski definition) is 5. The zero-order valence-corrected chi connectivity index (χ0v) is 18.6. The van der Waals surface area contributed by atoms with Crippen LogP contribution in [0.25, 0.3) is 0 Å². The van der Waals surface area contributed by atoms with Gasteiger partial charge in [0.15, 0.2) is 0 Å². The Morgan fingerprint density at radius 1 is 1.10 bits per heavy atom. The molecule has 8 heteroatoms. The largest absolute Gasteiger partial charge is 0.349 e. The zero-order valence-electron chi connectivity index (χ0n) is 17.8. The third kappa shape index (κ3) is 4.79. The molecule has 2 aliphatic carbocycles. The van der Waals surface area contributed by atoms with E-state index >= 15 is 0 Å². The van der Waals surface area contributed by atoms with Crippen LogP contribution in [0.1, 0.15) is 55.3 Å². The molecule has 1 saturated heterocycles. The Bertz CT molecular complexity index is 861. The van der Waals surface area contributed by atoms with Gasteiger partial charge >= 0.3 is 0 Å². The monoisotopic (exact) mass is 443 g/mol. The molecule has 0 aromatic heterocycles. The standard InChI is InChI=1S/C23H29N3O4S/c1-31-12-11-19(26-22(29)17-7-2-3-8-18(17)23(26)30)21(28)25-16-6-4-5-14(13-16)20(27)24-15-9-10-15/h4-6,13,15,17-19H,2-3,7-12H2,1H3,(H,24,27)(H,25,28)/t17-,18+,19-/m0/s1. The first kappa shape index (κ1) is 21.9. The first-order valence-corrected chi connectivity index (χ1v) is 12.5. The maximum atomic E-state index is 13.2. The van der Waals surface area contributed by atoms with Gasteiger partial charge in [-0.15, -0.1) is 0 Å². The van der Waals surface area contributed by atoms with Gasteiger partial charge in [0.2, 0.25) is 17.7 Å². The van der Waals surface area contributed by atoms with E-state index in [1.165, 1.54) is 4.90 Å². The van der Waals surface area contributed by atoms with Crippen molar-refractivity contribution in [2.75, 3.05) is 17.3 Å². The van der Waals surface area contributed by atoms with Crippen LogP contribution in [0, 0.1) is 11.8 Å². The molecule has 166 valence electrons. The number of thioether (sulfide) groups is 1. The van der Waals surface area contributed by atoms with Crippen LogP contribution in [-0.4, -0.2) is 52.6 Å². The van der Waals surface area contributed by atoms with Crippen molar-refractivity contribution in [3.8, 4) is 0 Å². The van der Waals surface area contributed by atoms with Crippen molar-refractivity contribution in [1.82, 2.24) is 10.2 Å². The number of carbonyl (C=O) groups excluding carboxylic acids is 4. The Labute approximate surface area is 186 Å². The topological polar surface area (TPSA) is 95.6 Å². The van der Waals surface area contributed by atoms with Gasteiger partial charge in [-0.3, -0.25) is 24.1 Å². The van der Waals surface area contributed by atoms with Crippen molar-refractivity contribution in [3.63, 3.8) is 0 Å². The number of anilines is 1. The second-order valence-electron chi connectivity index (χ2n) is 8.66. The van der Waals surface area contributed by atoms with Crippen LogP contribution in [-0.2, 0) is 14.4 Å². The SMILES string of the molecule is CSCC[C@@H](C(=O)Nc1cccc(C(=O)NC2CC2)c1)N1C(=O)[C@H]2CCCC[C@H]2C1=O. The molecule has 4 rings (SSSR count). The van der Waals surface area contributed by atoms with Crippen molar-refractivity contribution in [3.05, 3.63) is 29.8 Å². The Balaban J connectivity index is 1.50. The van der Waals surface area contributed by atoms with E-state index in [-0.39, 0.29) is 41.5 Å². The van der Waals surface area contributed by atoms with E-state index in [0.717, 1.165) is 38.5 Å². The molecular formula is C23H29N3O4S. The normalized spacial score (nSPS) is 24.0. The summed E-state index contributed by atoms with van der Waals surface area (Å²) in [6, 6.07) is 6.19. The number of carbonyl (C=O) groups is 4. The summed E-state index contributed by atoms with van der Waals surface area (Å²) in [4.78, 5) is 52.8. The molecule has 3 fully saturated rings. The Morgan fingerprint density at radius 2 is 1.77 bits per heavy atom. The highest BCUT2D eigenvalue weighted by molar-refractivity contribution is 7.98. The molecule has 31 heavy (non-hydrogen) atoms. The smallest absolute Gasteiger partial charge is 0.251 e. The van der Waals surface area contributed by atoms with Crippen LogP contribution in [0.3, 0.4) is 0 Å². The molecule has 2 saturated carbocycles. The number of likely N-dealkylation sites (tertiary alicyclic amines) is 1. The third-order valence-corrected chi connectivity index (χ3v) is 7.03. The summed E-state index contributed by atoms with van der Waals surface area (Å²) < 4.78 is 0. The minimum absolute atomic E-state index is 0.161. The number of imide groups is 1. The molecule has 1 aromatic rings. The van der Waals surface area contributed by atoms with Crippen molar-refractivity contribution in [1.29, 1.82) is 0 Å². The molecule has 0 unspecified atom stereocenters. The summed E-state index contributed by atoms with van der Waals surface area (Å²) in [6.07, 6.45) is 7.69. The third-order valence-electron chi connectivity index (χ3n) is 6.39. The highest BCUT2D eigenvalue weighted by Gasteiger charge is 2.51. The molecule has 3 atom stereocenters. The van der Waals surface area contributed by atoms with E-state index in [1.54, 1.807) is 36.0 Å². The number of rotatable bonds is 8. The molecular weight excluding hydrogens is 414 g/mol. The first-order valence-electron chi connectivity index (χ1n) is 11.1. The molecule has 2 N–H and O–H groups in total. The molecule has 1 aromatic carbocycles. The number of nitrogens with one attached hydrogen (secondary N) is 2. The van der Waals surface area contributed by atoms with Crippen molar-refractivity contribution in [2.24, 2.45) is 11.8 Å². The molecule has 0 bridgehead atoms. The average Bonchev–Trinajstić information content (AvgIpc) is 3.55. The molecule has 0 spiro atoms. The van der Waals surface area contributed by atoms with Crippen molar-refractivity contribution in [2.45, 2.75) is 57.0 Å². The Kier molecular flexibility index (Phi) is 6.65. The molecule has 0 radical (unpaired) electrons. The molecule has 4 amide bonds. The number of amides is 4. The van der Waals surface area contributed by atoms with Gasteiger partial charge < -0.3 is 10.6 Å². The minimum Gasteiger partial charge on any atom is -0.349 e. The van der Waals surface area contributed by atoms with Gasteiger partial charge in [-0.2, -0.15) is 11.8 Å². The lowest BCUT2D eigenvalue weighted by Crippen LogP contribution is -2.48. The highest BCUT2D eigenvalue weighted by atomic mass is 32.2. The van der Waals surface area contributed by atoms with Crippen LogP contribution in [0.4, 0.5) is 5.69 Å². The number of benzene rings is 1. The fraction of sp³-hybridized carbons (Fsp3) is 0.565. The number of hydrogen-bond donors (Lipinski definition) is 2. The van der Waals surface area contributed by atoms with E-state index in [4.69, 9.17) is 0 Å². The van der Waals surface area contributed by atoms with Crippen LogP contribution in [0.5, 0.6) is 0 Å². The summed E-state index contributed by atoms with van der Waals surface area (Å²) in [5, 5.41) is 5.77. The maximum Gasteiger partial charge on any atom is 0.251 e. The predicted molar refractivity (Wildman–Crippen MR) is 120 cm³/mol. The van der Waals surface area contributed by atoms with Gasteiger partial charge in [-0.1, -0.05) is 18.9 Å². The Morgan fingerprint density at radius 3 is 2.39 bits per heavy atom. The first-order chi connectivity index (χ1) is 15.0. The summed E-state index contributed by atoms with van der Waals surface area (Å²) >= 11 is 1.58. The van der Waals surface area contributed by atoms with Gasteiger partial charge in [0.1, 0.15) is 6.04 Å². The molecule has 1 aliphatic heterocycles. The lowest BCUT2D eigenvalue weighted by Gasteiger charge is -2.26. The average molecular weight is 444 g/mol. The second-order valence-corrected chi connectivity index (χ2v) is 9.64. The lowest BCUT2D eigenvalue weighted by atomic mass is 9.81. The summed E-state index contributed by atoms with van der Waals surface area (Å²) in [5.74, 6) is -0.836. The zero-order chi connectivity index (χ0) is 22.0. The quantitative estimate of drug-likeness (QED) is 0.603. The van der Waals surface area contributed by atoms with Gasteiger partial charge in [-0.25, -0.2) is 0 Å². The van der Waals surface area contributed by atoms with E-state index in [9.17, 15) is 19.2 Å². The molecule has 1 heterocycles. The van der Waals surface area contributed by atoms with Crippen molar-refractivity contribution < 1.29 is 19.2 Å². The van der Waals surface area contributed by atoms with Crippen LogP contribution in [0.15, 0.2) is 24.3 Å². The van der Waals surface area contributed by atoms with Crippen LogP contribution < -0.4 is 10.6 Å². The van der Waals surface area contributed by atoms with E-state index in [1.807, 2.05) is 6.26 Å². The molecule has 7 nitrogen and oxygen atoms in total. The van der Waals surface area contributed by atoms with E-state index in [0.29, 0.717) is 23.4 Å². The highest BCUT2D eigenvalue weighted by Crippen LogP contribution is 2.39. The summed E-state index contributed by atoms with van der Waals surface area (Å²) in [5.41, 5.74) is 0.962. The van der Waals surface area contributed by atoms with Gasteiger partial charge in [0.25, 0.3) is 5.91 Å². The maximum absolute atomic E-state index is 13.2. The number of nitrogens with zero attached hydrogens (tertiary/aromatic N) is 1. The fourth-order valence-corrected chi connectivity index (χ4v) is 5.02. The van der Waals surface area contributed by atoms with E-state index < -0.39 is 6.04 Å². The van der Waals surface area contributed by atoms with Crippen LogP contribution in [0.2, 0.25) is 0 Å². The Hall–Kier alpha value is -2.35. The number of fused-ring (bicyclic) bond motifs is 1. The van der Waals surface area contributed by atoms with Crippen LogP contribution >= 0.6 is 11.8 Å². The summed E-state index contributed by atoms with van der Waals surface area (Å²) in [6.45, 7) is 0. The van der Waals surface area contributed by atoms with Gasteiger partial charge in [0, 0.05) is 17.3 Å². The fourth-order valence-electron chi connectivity index (χ4n) is 4.56. The second kappa shape index (κ2) is 9.42. The van der Waals surface area contributed by atoms with Gasteiger partial charge in [0.05, 0.1) is 11.8 Å². The van der Waals surface area contributed by atoms with Gasteiger partial charge in [-0.05, 0) is 62.3 Å². The molecule has 3 aliphatic rings. The predicted octanol–water partition coefficient (Wildman–Crippen LogP) is 2.81. The van der Waals surface area contributed by atoms with E-state index in [2.05, 4.69) is 10.6 Å².